The Bertz CT molecular complexity index is 343. The van der Waals surface area contributed by atoms with Crippen LogP contribution in [-0.2, 0) is 0 Å². The van der Waals surface area contributed by atoms with Crippen molar-refractivity contribution in [1.29, 1.82) is 0 Å². The Kier molecular flexibility index (Phi) is 5.22. The van der Waals surface area contributed by atoms with Crippen molar-refractivity contribution in [3.63, 3.8) is 0 Å². The maximum atomic E-state index is 5.64. The molecule has 1 aromatic rings. The smallest absolute Gasteiger partial charge is 0.215 e. The molecule has 0 aliphatic heterocycles. The number of nitrogens with one attached hydrogen (secondary N) is 1. The Morgan fingerprint density at radius 1 is 1.41 bits per heavy atom. The normalized spacial score (nSPS) is 14.1. The van der Waals surface area contributed by atoms with Crippen LogP contribution in [0.3, 0.4) is 0 Å². The second-order valence-electron chi connectivity index (χ2n) is 4.37. The summed E-state index contributed by atoms with van der Waals surface area (Å²) in [5.74, 6) is 1.50. The highest BCUT2D eigenvalue weighted by molar-refractivity contribution is 5.39. The van der Waals surface area contributed by atoms with Crippen LogP contribution in [0.15, 0.2) is 18.2 Å². The van der Waals surface area contributed by atoms with Gasteiger partial charge in [-0.2, -0.15) is 4.98 Å². The maximum Gasteiger partial charge on any atom is 0.215 e. The first-order valence-corrected chi connectivity index (χ1v) is 6.21. The molecule has 96 valence electrons. The number of nitrogens with zero attached hydrogens (tertiary/aromatic N) is 1. The van der Waals surface area contributed by atoms with Crippen molar-refractivity contribution in [2.75, 3.05) is 18.5 Å². The third kappa shape index (κ3) is 4.23. The van der Waals surface area contributed by atoms with Crippen LogP contribution in [0.2, 0.25) is 0 Å². The van der Waals surface area contributed by atoms with Gasteiger partial charge in [0.15, 0.2) is 0 Å². The number of nitrogens with two attached hydrogens (primary N) is 1. The summed E-state index contributed by atoms with van der Waals surface area (Å²) in [6, 6.07) is 5.76. The van der Waals surface area contributed by atoms with Gasteiger partial charge in [-0.1, -0.05) is 13.0 Å². The standard InChI is InChI=1S/C13H23N3O/c1-4-13(3,9-10-14)16-11-7-6-8-12(15-11)17-5-2/h6-8H,4-5,9-10,14H2,1-3H3,(H,15,16). The third-order valence-electron chi connectivity index (χ3n) is 2.92. The Labute approximate surface area is 104 Å². The molecule has 0 bridgehead atoms. The molecule has 1 rings (SSSR count). The summed E-state index contributed by atoms with van der Waals surface area (Å²) < 4.78 is 5.38. The van der Waals surface area contributed by atoms with E-state index in [1.165, 1.54) is 0 Å². The zero-order chi connectivity index (χ0) is 12.7. The van der Waals surface area contributed by atoms with Crippen LogP contribution in [0.25, 0.3) is 0 Å². The van der Waals surface area contributed by atoms with E-state index in [0.717, 1.165) is 18.7 Å². The minimum atomic E-state index is -0.00735. The predicted molar refractivity (Wildman–Crippen MR) is 71.4 cm³/mol. The van der Waals surface area contributed by atoms with E-state index in [1.807, 2.05) is 25.1 Å². The SMILES string of the molecule is CCOc1cccc(NC(C)(CC)CCN)n1. The molecule has 1 heterocycles. The Balaban J connectivity index is 2.75. The molecule has 0 amide bonds. The molecule has 0 saturated carbocycles. The van der Waals surface area contributed by atoms with E-state index in [1.54, 1.807) is 0 Å². The first-order valence-electron chi connectivity index (χ1n) is 6.21. The van der Waals surface area contributed by atoms with Crippen molar-refractivity contribution in [1.82, 2.24) is 4.98 Å². The molecule has 0 radical (unpaired) electrons. The van der Waals surface area contributed by atoms with E-state index in [9.17, 15) is 0 Å². The van der Waals surface area contributed by atoms with E-state index in [-0.39, 0.29) is 5.54 Å². The highest BCUT2D eigenvalue weighted by Gasteiger charge is 2.21. The number of hydrogen-bond donors (Lipinski definition) is 2. The number of pyridine rings is 1. The molecule has 0 spiro atoms. The first-order chi connectivity index (χ1) is 8.13. The molecule has 1 aromatic heterocycles. The largest absolute Gasteiger partial charge is 0.478 e. The highest BCUT2D eigenvalue weighted by Crippen LogP contribution is 2.21. The summed E-state index contributed by atoms with van der Waals surface area (Å²) in [5.41, 5.74) is 5.63. The minimum absolute atomic E-state index is 0.00735. The number of anilines is 1. The molecule has 4 nitrogen and oxygen atoms in total. The van der Waals surface area contributed by atoms with Gasteiger partial charge in [-0.25, -0.2) is 0 Å². The average Bonchev–Trinajstić information content (AvgIpc) is 2.30. The lowest BCUT2D eigenvalue weighted by molar-refractivity contribution is 0.327. The van der Waals surface area contributed by atoms with E-state index >= 15 is 0 Å². The number of rotatable bonds is 7. The molecule has 1 unspecified atom stereocenters. The maximum absolute atomic E-state index is 5.64. The predicted octanol–water partition coefficient (Wildman–Crippen LogP) is 2.41. The monoisotopic (exact) mass is 237 g/mol. The quantitative estimate of drug-likeness (QED) is 0.764. The molecular weight excluding hydrogens is 214 g/mol. The van der Waals surface area contributed by atoms with Gasteiger partial charge in [-0.15, -0.1) is 0 Å². The van der Waals surface area contributed by atoms with Crippen LogP contribution < -0.4 is 15.8 Å². The summed E-state index contributed by atoms with van der Waals surface area (Å²) in [6.07, 6.45) is 1.93. The van der Waals surface area contributed by atoms with Crippen molar-refractivity contribution in [3.8, 4) is 5.88 Å². The Morgan fingerprint density at radius 2 is 2.18 bits per heavy atom. The van der Waals surface area contributed by atoms with E-state index in [2.05, 4.69) is 24.1 Å². The van der Waals surface area contributed by atoms with E-state index in [0.29, 0.717) is 19.0 Å². The van der Waals surface area contributed by atoms with Crippen LogP contribution in [0.4, 0.5) is 5.82 Å². The van der Waals surface area contributed by atoms with Gasteiger partial charge in [0.1, 0.15) is 5.82 Å². The molecule has 3 N–H and O–H groups in total. The van der Waals surface area contributed by atoms with Crippen LogP contribution in [0, 0.1) is 0 Å². The van der Waals surface area contributed by atoms with Crippen molar-refractivity contribution < 1.29 is 4.74 Å². The molecule has 0 aliphatic rings. The fourth-order valence-corrected chi connectivity index (χ4v) is 1.67. The van der Waals surface area contributed by atoms with E-state index in [4.69, 9.17) is 10.5 Å². The summed E-state index contributed by atoms with van der Waals surface area (Å²) in [7, 11) is 0. The van der Waals surface area contributed by atoms with Gasteiger partial charge in [0.25, 0.3) is 0 Å². The van der Waals surface area contributed by atoms with Gasteiger partial charge in [0, 0.05) is 11.6 Å². The van der Waals surface area contributed by atoms with Crippen LogP contribution in [0.5, 0.6) is 5.88 Å². The molecule has 0 aliphatic carbocycles. The Morgan fingerprint density at radius 3 is 2.76 bits per heavy atom. The summed E-state index contributed by atoms with van der Waals surface area (Å²) in [6.45, 7) is 7.56. The topological polar surface area (TPSA) is 60.2 Å². The molecule has 1 atom stereocenters. The number of aromatic nitrogens is 1. The molecular formula is C13H23N3O. The van der Waals surface area contributed by atoms with Crippen LogP contribution in [0.1, 0.15) is 33.6 Å². The fraction of sp³-hybridized carbons (Fsp3) is 0.615. The second-order valence-corrected chi connectivity index (χ2v) is 4.37. The summed E-state index contributed by atoms with van der Waals surface area (Å²) in [4.78, 5) is 4.40. The molecule has 0 aromatic carbocycles. The van der Waals surface area contributed by atoms with Gasteiger partial charge < -0.3 is 15.8 Å². The zero-order valence-electron chi connectivity index (χ0n) is 11.0. The molecule has 4 heteroatoms. The summed E-state index contributed by atoms with van der Waals surface area (Å²) >= 11 is 0. The van der Waals surface area contributed by atoms with Gasteiger partial charge in [-0.05, 0) is 39.3 Å². The van der Waals surface area contributed by atoms with Gasteiger partial charge in [0.2, 0.25) is 5.88 Å². The van der Waals surface area contributed by atoms with Crippen molar-refractivity contribution in [2.24, 2.45) is 5.73 Å². The zero-order valence-corrected chi connectivity index (χ0v) is 11.0. The lowest BCUT2D eigenvalue weighted by Crippen LogP contribution is -2.36. The third-order valence-corrected chi connectivity index (χ3v) is 2.92. The van der Waals surface area contributed by atoms with Crippen molar-refractivity contribution >= 4 is 5.82 Å². The first kappa shape index (κ1) is 13.8. The van der Waals surface area contributed by atoms with E-state index < -0.39 is 0 Å². The average molecular weight is 237 g/mol. The van der Waals surface area contributed by atoms with Crippen LogP contribution in [-0.4, -0.2) is 23.7 Å². The molecule has 0 fully saturated rings. The van der Waals surface area contributed by atoms with Gasteiger partial charge in [-0.3, -0.25) is 0 Å². The highest BCUT2D eigenvalue weighted by atomic mass is 16.5. The molecule has 0 saturated heterocycles. The number of ether oxygens (including phenoxy) is 1. The Hall–Kier alpha value is -1.29. The van der Waals surface area contributed by atoms with Gasteiger partial charge >= 0.3 is 0 Å². The minimum Gasteiger partial charge on any atom is -0.478 e. The summed E-state index contributed by atoms with van der Waals surface area (Å²) in [5, 5.41) is 3.43. The number of hydrogen-bond acceptors (Lipinski definition) is 4. The van der Waals surface area contributed by atoms with Crippen molar-refractivity contribution in [2.45, 2.75) is 39.2 Å². The second kappa shape index (κ2) is 6.45. The lowest BCUT2D eigenvalue weighted by Gasteiger charge is -2.29. The lowest BCUT2D eigenvalue weighted by atomic mass is 9.94. The fourth-order valence-electron chi connectivity index (χ4n) is 1.67. The van der Waals surface area contributed by atoms with Crippen molar-refractivity contribution in [3.05, 3.63) is 18.2 Å². The van der Waals surface area contributed by atoms with Gasteiger partial charge in [0.05, 0.1) is 6.61 Å². The molecule has 17 heavy (non-hydrogen) atoms. The van der Waals surface area contributed by atoms with Crippen LogP contribution >= 0.6 is 0 Å².